The van der Waals surface area contributed by atoms with Gasteiger partial charge in [0, 0.05) is 29.5 Å². The maximum absolute atomic E-state index is 12.1. The summed E-state index contributed by atoms with van der Waals surface area (Å²) in [4.78, 5) is 14.3. The molecule has 0 aromatic heterocycles. The molecule has 110 valence electrons. The third-order valence-electron chi connectivity index (χ3n) is 3.49. The zero-order valence-corrected chi connectivity index (χ0v) is 13.8. The molecule has 2 nitrogen and oxygen atoms in total. The Labute approximate surface area is 134 Å². The van der Waals surface area contributed by atoms with Crippen LogP contribution in [0.2, 0.25) is 0 Å². The van der Waals surface area contributed by atoms with Crippen molar-refractivity contribution in [1.82, 2.24) is 4.90 Å². The van der Waals surface area contributed by atoms with Crippen LogP contribution in [-0.2, 0) is 6.42 Å². The van der Waals surface area contributed by atoms with Crippen molar-refractivity contribution in [2.24, 2.45) is 0 Å². The predicted octanol–water partition coefficient (Wildman–Crippen LogP) is 4.20. The van der Waals surface area contributed by atoms with Crippen LogP contribution < -0.4 is 0 Å². The van der Waals surface area contributed by atoms with Crippen molar-refractivity contribution < 1.29 is 4.79 Å². The molecule has 0 aliphatic carbocycles. The average Bonchev–Trinajstić information content (AvgIpc) is 2.51. The van der Waals surface area contributed by atoms with Crippen molar-refractivity contribution in [1.29, 1.82) is 0 Å². The Balaban J connectivity index is 1.76. The SMILES string of the molecule is CN(CCC(=O)c1cccc(Br)c1)CCc1ccccc1. The summed E-state index contributed by atoms with van der Waals surface area (Å²) in [5.41, 5.74) is 2.11. The van der Waals surface area contributed by atoms with Crippen LogP contribution in [0.5, 0.6) is 0 Å². The Morgan fingerprint density at radius 2 is 1.81 bits per heavy atom. The van der Waals surface area contributed by atoms with Gasteiger partial charge in [0.1, 0.15) is 0 Å². The molecule has 0 unspecified atom stereocenters. The number of rotatable bonds is 7. The highest BCUT2D eigenvalue weighted by molar-refractivity contribution is 9.10. The number of ketones is 1. The lowest BCUT2D eigenvalue weighted by molar-refractivity contribution is 0.0969. The van der Waals surface area contributed by atoms with E-state index in [2.05, 4.69) is 52.1 Å². The number of benzene rings is 2. The van der Waals surface area contributed by atoms with Gasteiger partial charge in [-0.1, -0.05) is 58.4 Å². The normalized spacial score (nSPS) is 10.8. The number of carbonyl (C=O) groups excluding carboxylic acids is 1. The van der Waals surface area contributed by atoms with Gasteiger partial charge in [-0.2, -0.15) is 0 Å². The minimum atomic E-state index is 0.197. The minimum absolute atomic E-state index is 0.197. The maximum atomic E-state index is 12.1. The van der Waals surface area contributed by atoms with Gasteiger partial charge in [-0.15, -0.1) is 0 Å². The highest BCUT2D eigenvalue weighted by Crippen LogP contribution is 2.13. The maximum Gasteiger partial charge on any atom is 0.164 e. The van der Waals surface area contributed by atoms with Gasteiger partial charge in [0.2, 0.25) is 0 Å². The number of hydrogen-bond donors (Lipinski definition) is 0. The van der Waals surface area contributed by atoms with Crippen molar-refractivity contribution in [3.63, 3.8) is 0 Å². The quantitative estimate of drug-likeness (QED) is 0.701. The first-order chi connectivity index (χ1) is 10.1. The van der Waals surface area contributed by atoms with Crippen molar-refractivity contribution in [2.45, 2.75) is 12.8 Å². The van der Waals surface area contributed by atoms with Crippen LogP contribution in [0.15, 0.2) is 59.1 Å². The van der Waals surface area contributed by atoms with Crippen LogP contribution in [-0.4, -0.2) is 30.8 Å². The van der Waals surface area contributed by atoms with E-state index in [1.807, 2.05) is 30.3 Å². The van der Waals surface area contributed by atoms with Crippen molar-refractivity contribution >= 4 is 21.7 Å². The molecule has 0 N–H and O–H groups in total. The Morgan fingerprint density at radius 1 is 1.05 bits per heavy atom. The van der Waals surface area contributed by atoms with Crippen LogP contribution in [0.25, 0.3) is 0 Å². The van der Waals surface area contributed by atoms with Gasteiger partial charge < -0.3 is 4.90 Å². The molecule has 0 bridgehead atoms. The van der Waals surface area contributed by atoms with Gasteiger partial charge in [-0.3, -0.25) is 4.79 Å². The zero-order valence-electron chi connectivity index (χ0n) is 12.3. The number of halogens is 1. The lowest BCUT2D eigenvalue weighted by Crippen LogP contribution is -2.24. The van der Waals surface area contributed by atoms with Gasteiger partial charge >= 0.3 is 0 Å². The lowest BCUT2D eigenvalue weighted by atomic mass is 10.1. The molecule has 2 aromatic carbocycles. The van der Waals surface area contributed by atoms with E-state index in [0.29, 0.717) is 6.42 Å². The number of Topliss-reactive ketones (excluding diaryl/α,β-unsaturated/α-hetero) is 1. The minimum Gasteiger partial charge on any atom is -0.306 e. The Bertz CT molecular complexity index is 583. The molecule has 0 spiro atoms. The molecule has 0 heterocycles. The molecular weight excluding hydrogens is 326 g/mol. The largest absolute Gasteiger partial charge is 0.306 e. The summed E-state index contributed by atoms with van der Waals surface area (Å²) < 4.78 is 0.950. The highest BCUT2D eigenvalue weighted by Gasteiger charge is 2.08. The monoisotopic (exact) mass is 345 g/mol. The van der Waals surface area contributed by atoms with Crippen molar-refractivity contribution in [3.05, 3.63) is 70.2 Å². The molecule has 0 saturated carbocycles. The topological polar surface area (TPSA) is 20.3 Å². The van der Waals surface area contributed by atoms with E-state index in [1.54, 1.807) is 0 Å². The summed E-state index contributed by atoms with van der Waals surface area (Å²) in [6, 6.07) is 18.0. The number of nitrogens with zero attached hydrogens (tertiary/aromatic N) is 1. The number of hydrogen-bond acceptors (Lipinski definition) is 2. The van der Waals surface area contributed by atoms with Crippen LogP contribution in [0.4, 0.5) is 0 Å². The molecule has 0 radical (unpaired) electrons. The van der Waals surface area contributed by atoms with Crippen LogP contribution in [0.3, 0.4) is 0 Å². The highest BCUT2D eigenvalue weighted by atomic mass is 79.9. The molecule has 0 aliphatic heterocycles. The van der Waals surface area contributed by atoms with Gasteiger partial charge in [0.05, 0.1) is 0 Å². The van der Waals surface area contributed by atoms with Crippen molar-refractivity contribution in [2.75, 3.05) is 20.1 Å². The van der Waals surface area contributed by atoms with E-state index >= 15 is 0 Å². The fourth-order valence-corrected chi connectivity index (χ4v) is 2.57. The summed E-state index contributed by atoms with van der Waals surface area (Å²) in [6.07, 6.45) is 1.57. The standard InChI is InChI=1S/C18H20BrNO/c1-20(12-10-15-6-3-2-4-7-15)13-11-18(21)16-8-5-9-17(19)14-16/h2-9,14H,10-13H2,1H3. The molecular formula is C18H20BrNO. The van der Waals surface area contributed by atoms with E-state index < -0.39 is 0 Å². The summed E-state index contributed by atoms with van der Waals surface area (Å²) in [5, 5.41) is 0. The smallest absolute Gasteiger partial charge is 0.164 e. The van der Waals surface area contributed by atoms with Crippen LogP contribution >= 0.6 is 15.9 Å². The molecule has 2 aromatic rings. The second-order valence-corrected chi connectivity index (χ2v) is 6.14. The first-order valence-corrected chi connectivity index (χ1v) is 7.95. The summed E-state index contributed by atoms with van der Waals surface area (Å²) in [5.74, 6) is 0.197. The van der Waals surface area contributed by atoms with Gasteiger partial charge in [-0.05, 0) is 31.2 Å². The Kier molecular flexibility index (Phi) is 6.15. The molecule has 0 amide bonds. The molecule has 0 fully saturated rings. The Hall–Kier alpha value is -1.45. The first-order valence-electron chi connectivity index (χ1n) is 7.16. The molecule has 0 saturated heterocycles. The third kappa shape index (κ3) is 5.44. The van der Waals surface area contributed by atoms with E-state index in [1.165, 1.54) is 5.56 Å². The van der Waals surface area contributed by atoms with Gasteiger partial charge in [-0.25, -0.2) is 0 Å². The molecule has 0 atom stereocenters. The second-order valence-electron chi connectivity index (χ2n) is 5.22. The molecule has 3 heteroatoms. The fraction of sp³-hybridized carbons (Fsp3) is 0.278. The second kappa shape index (κ2) is 8.11. The average molecular weight is 346 g/mol. The molecule has 2 rings (SSSR count). The molecule has 0 aliphatic rings. The van der Waals surface area contributed by atoms with Crippen molar-refractivity contribution in [3.8, 4) is 0 Å². The predicted molar refractivity (Wildman–Crippen MR) is 90.7 cm³/mol. The van der Waals surface area contributed by atoms with E-state index in [9.17, 15) is 4.79 Å². The van der Waals surface area contributed by atoms with E-state index in [4.69, 9.17) is 0 Å². The van der Waals surface area contributed by atoms with Gasteiger partial charge in [0.15, 0.2) is 5.78 Å². The van der Waals surface area contributed by atoms with Gasteiger partial charge in [0.25, 0.3) is 0 Å². The lowest BCUT2D eigenvalue weighted by Gasteiger charge is -2.16. The zero-order chi connectivity index (χ0) is 15.1. The van der Waals surface area contributed by atoms with E-state index in [0.717, 1.165) is 29.5 Å². The summed E-state index contributed by atoms with van der Waals surface area (Å²) in [6.45, 7) is 1.76. The van der Waals surface area contributed by atoms with E-state index in [-0.39, 0.29) is 5.78 Å². The number of carbonyl (C=O) groups is 1. The Morgan fingerprint density at radius 3 is 2.52 bits per heavy atom. The summed E-state index contributed by atoms with van der Waals surface area (Å²) >= 11 is 3.40. The fourth-order valence-electron chi connectivity index (χ4n) is 2.18. The molecule has 21 heavy (non-hydrogen) atoms. The number of likely N-dealkylation sites (N-methyl/N-ethyl adjacent to an activating group) is 1. The van der Waals surface area contributed by atoms with Crippen LogP contribution in [0.1, 0.15) is 22.3 Å². The van der Waals surface area contributed by atoms with Crippen LogP contribution in [0, 0.1) is 0 Å². The third-order valence-corrected chi connectivity index (χ3v) is 3.99. The first kappa shape index (κ1) is 15.9. The summed E-state index contributed by atoms with van der Waals surface area (Å²) in [7, 11) is 2.07.